The molecule has 0 saturated heterocycles. The second kappa shape index (κ2) is 5.95. The fourth-order valence-corrected chi connectivity index (χ4v) is 2.79. The van der Waals surface area contributed by atoms with Crippen molar-refractivity contribution in [1.29, 1.82) is 0 Å². The van der Waals surface area contributed by atoms with Crippen LogP contribution in [-0.2, 0) is 4.79 Å². The average molecular weight is 312 g/mol. The molecule has 5 nitrogen and oxygen atoms in total. The van der Waals surface area contributed by atoms with Gasteiger partial charge in [0.25, 0.3) is 0 Å². The number of thiazole rings is 1. The largest absolute Gasteiger partial charge is 0.419 e. The molecule has 0 atom stereocenters. The normalized spacial score (nSPS) is 10.4. The summed E-state index contributed by atoms with van der Waals surface area (Å²) in [6.45, 7) is 1.39. The Bertz CT molecular complexity index is 824. The molecular weight excluding hydrogens is 300 g/mol. The number of hydrogen-bond donors (Lipinski definition) is 1. The van der Waals surface area contributed by atoms with Crippen LogP contribution >= 0.6 is 11.3 Å². The Morgan fingerprint density at radius 2 is 1.82 bits per heavy atom. The van der Waals surface area contributed by atoms with Crippen molar-refractivity contribution in [3.05, 3.63) is 53.5 Å². The van der Waals surface area contributed by atoms with E-state index in [0.29, 0.717) is 11.4 Å². The number of anilines is 1. The molecule has 1 heterocycles. The number of aromatic nitrogens is 1. The highest BCUT2D eigenvalue weighted by molar-refractivity contribution is 7.20. The van der Waals surface area contributed by atoms with Crippen LogP contribution in [0.15, 0.2) is 48.5 Å². The van der Waals surface area contributed by atoms with Gasteiger partial charge in [-0.3, -0.25) is 4.79 Å². The second-order valence-corrected chi connectivity index (χ2v) is 5.58. The lowest BCUT2D eigenvalue weighted by atomic mass is 10.3. The molecule has 0 bridgehead atoms. The highest BCUT2D eigenvalue weighted by Gasteiger charge is 2.16. The molecular formula is C16H12N2O3S. The third-order valence-electron chi connectivity index (χ3n) is 2.87. The molecule has 0 radical (unpaired) electrons. The van der Waals surface area contributed by atoms with Crippen molar-refractivity contribution in [1.82, 2.24) is 4.98 Å². The van der Waals surface area contributed by atoms with E-state index in [0.717, 1.165) is 10.2 Å². The van der Waals surface area contributed by atoms with Crippen molar-refractivity contribution in [3.63, 3.8) is 0 Å². The minimum absolute atomic E-state index is 0.233. The number of nitrogens with one attached hydrogen (secondary N) is 1. The first-order valence-corrected chi connectivity index (χ1v) is 7.39. The van der Waals surface area contributed by atoms with Gasteiger partial charge < -0.3 is 10.1 Å². The summed E-state index contributed by atoms with van der Waals surface area (Å²) in [7, 11) is 0. The summed E-state index contributed by atoms with van der Waals surface area (Å²) < 4.78 is 6.28. The zero-order valence-electron chi connectivity index (χ0n) is 11.7. The minimum atomic E-state index is -0.543. The van der Waals surface area contributed by atoms with Gasteiger partial charge in [-0.25, -0.2) is 9.78 Å². The standard InChI is InChI=1S/C16H12N2O3S/c1-10(19)17-11-6-2-4-8-13(11)21-16(20)15-18-12-7-3-5-9-14(12)22-15/h2-9H,1H3,(H,17,19). The third kappa shape index (κ3) is 2.96. The predicted molar refractivity (Wildman–Crippen MR) is 85.3 cm³/mol. The first kappa shape index (κ1) is 14.2. The molecule has 1 aromatic heterocycles. The quantitative estimate of drug-likeness (QED) is 0.594. The molecule has 3 aromatic rings. The summed E-state index contributed by atoms with van der Waals surface area (Å²) >= 11 is 1.27. The number of fused-ring (bicyclic) bond motifs is 1. The number of rotatable bonds is 3. The topological polar surface area (TPSA) is 68.3 Å². The maximum Gasteiger partial charge on any atom is 0.372 e. The molecule has 0 unspecified atom stereocenters. The van der Waals surface area contributed by atoms with E-state index in [-0.39, 0.29) is 10.9 Å². The molecule has 6 heteroatoms. The van der Waals surface area contributed by atoms with Crippen molar-refractivity contribution in [2.75, 3.05) is 5.32 Å². The van der Waals surface area contributed by atoms with E-state index in [2.05, 4.69) is 10.3 Å². The van der Waals surface area contributed by atoms with Crippen LogP contribution in [0.5, 0.6) is 5.75 Å². The minimum Gasteiger partial charge on any atom is -0.419 e. The van der Waals surface area contributed by atoms with Gasteiger partial charge in [0.15, 0.2) is 5.75 Å². The highest BCUT2D eigenvalue weighted by atomic mass is 32.1. The van der Waals surface area contributed by atoms with E-state index >= 15 is 0 Å². The lowest BCUT2D eigenvalue weighted by Crippen LogP contribution is -2.12. The van der Waals surface area contributed by atoms with Gasteiger partial charge in [0.05, 0.1) is 15.9 Å². The van der Waals surface area contributed by atoms with Gasteiger partial charge in [-0.05, 0) is 24.3 Å². The Morgan fingerprint density at radius 3 is 2.59 bits per heavy atom. The lowest BCUT2D eigenvalue weighted by molar-refractivity contribution is -0.114. The Kier molecular flexibility index (Phi) is 3.84. The van der Waals surface area contributed by atoms with Crippen LogP contribution in [0, 0.1) is 0 Å². The Labute approximate surface area is 130 Å². The van der Waals surface area contributed by atoms with Gasteiger partial charge in [0, 0.05) is 6.92 Å². The van der Waals surface area contributed by atoms with Gasteiger partial charge in [-0.2, -0.15) is 0 Å². The molecule has 0 aliphatic heterocycles. The number of ether oxygens (including phenoxy) is 1. The Hall–Kier alpha value is -2.73. The van der Waals surface area contributed by atoms with Crippen LogP contribution in [-0.4, -0.2) is 16.9 Å². The first-order valence-electron chi connectivity index (χ1n) is 6.58. The molecule has 0 saturated carbocycles. The van der Waals surface area contributed by atoms with Gasteiger partial charge in [0.2, 0.25) is 10.9 Å². The maximum atomic E-state index is 12.2. The van der Waals surface area contributed by atoms with Crippen molar-refractivity contribution in [2.24, 2.45) is 0 Å². The number of benzene rings is 2. The molecule has 1 N–H and O–H groups in total. The number of esters is 1. The van der Waals surface area contributed by atoms with Crippen molar-refractivity contribution >= 4 is 39.1 Å². The molecule has 0 aliphatic carbocycles. The summed E-state index contributed by atoms with van der Waals surface area (Å²) in [5, 5.41) is 2.90. The van der Waals surface area contributed by atoms with Crippen LogP contribution in [0.2, 0.25) is 0 Å². The van der Waals surface area contributed by atoms with Gasteiger partial charge in [0.1, 0.15) is 0 Å². The van der Waals surface area contributed by atoms with E-state index in [9.17, 15) is 9.59 Å². The van der Waals surface area contributed by atoms with Crippen LogP contribution < -0.4 is 10.1 Å². The number of carbonyl (C=O) groups excluding carboxylic acids is 2. The van der Waals surface area contributed by atoms with Crippen molar-refractivity contribution < 1.29 is 14.3 Å². The maximum absolute atomic E-state index is 12.2. The number of hydrogen-bond acceptors (Lipinski definition) is 5. The smallest absolute Gasteiger partial charge is 0.372 e. The molecule has 0 spiro atoms. The molecule has 22 heavy (non-hydrogen) atoms. The third-order valence-corrected chi connectivity index (χ3v) is 3.89. The number of carbonyl (C=O) groups is 2. The van der Waals surface area contributed by atoms with E-state index in [4.69, 9.17) is 4.74 Å². The SMILES string of the molecule is CC(=O)Nc1ccccc1OC(=O)c1nc2ccccc2s1. The van der Waals surface area contributed by atoms with E-state index < -0.39 is 5.97 Å². The summed E-state index contributed by atoms with van der Waals surface area (Å²) in [5.41, 5.74) is 1.21. The summed E-state index contributed by atoms with van der Waals surface area (Å²) in [5.74, 6) is -0.482. The molecule has 2 aromatic carbocycles. The van der Waals surface area contributed by atoms with Crippen molar-refractivity contribution in [2.45, 2.75) is 6.92 Å². The number of para-hydroxylation sites is 3. The molecule has 3 rings (SSSR count). The van der Waals surface area contributed by atoms with Crippen LogP contribution in [0.3, 0.4) is 0 Å². The molecule has 110 valence electrons. The van der Waals surface area contributed by atoms with Crippen LogP contribution in [0.1, 0.15) is 16.7 Å². The fourth-order valence-electron chi connectivity index (χ4n) is 1.95. The van der Waals surface area contributed by atoms with Gasteiger partial charge in [-0.15, -0.1) is 11.3 Å². The van der Waals surface area contributed by atoms with Crippen LogP contribution in [0.4, 0.5) is 5.69 Å². The predicted octanol–water partition coefficient (Wildman–Crippen LogP) is 3.47. The van der Waals surface area contributed by atoms with Crippen molar-refractivity contribution in [3.8, 4) is 5.75 Å². The summed E-state index contributed by atoms with van der Waals surface area (Å²) in [4.78, 5) is 27.7. The zero-order valence-corrected chi connectivity index (χ0v) is 12.5. The molecule has 1 amide bonds. The number of nitrogens with zero attached hydrogens (tertiary/aromatic N) is 1. The Balaban J connectivity index is 1.86. The monoisotopic (exact) mass is 312 g/mol. The van der Waals surface area contributed by atoms with Gasteiger partial charge in [-0.1, -0.05) is 24.3 Å². The van der Waals surface area contributed by atoms with Crippen LogP contribution in [0.25, 0.3) is 10.2 Å². The Morgan fingerprint density at radius 1 is 1.09 bits per heavy atom. The zero-order chi connectivity index (χ0) is 15.5. The van der Waals surface area contributed by atoms with E-state index in [1.54, 1.807) is 24.3 Å². The van der Waals surface area contributed by atoms with Gasteiger partial charge >= 0.3 is 5.97 Å². The second-order valence-electron chi connectivity index (χ2n) is 4.55. The first-order chi connectivity index (χ1) is 10.6. The van der Waals surface area contributed by atoms with E-state index in [1.165, 1.54) is 18.3 Å². The average Bonchev–Trinajstić information content (AvgIpc) is 2.93. The lowest BCUT2D eigenvalue weighted by Gasteiger charge is -2.08. The summed E-state index contributed by atoms with van der Waals surface area (Å²) in [6, 6.07) is 14.3. The fraction of sp³-hybridized carbons (Fsp3) is 0.0625. The summed E-state index contributed by atoms with van der Waals surface area (Å²) in [6.07, 6.45) is 0. The highest BCUT2D eigenvalue weighted by Crippen LogP contribution is 2.27. The van der Waals surface area contributed by atoms with E-state index in [1.807, 2.05) is 24.3 Å². The molecule has 0 fully saturated rings. The number of amides is 1. The molecule has 0 aliphatic rings.